The van der Waals surface area contributed by atoms with E-state index in [1.54, 1.807) is 7.05 Å². The molecule has 0 bridgehead atoms. The van der Waals surface area contributed by atoms with Crippen LogP contribution in [-0.4, -0.2) is 37.3 Å². The summed E-state index contributed by atoms with van der Waals surface area (Å²) in [6, 6.07) is 1.37. The fraction of sp³-hybridized carbons (Fsp3) is 0.500. The summed E-state index contributed by atoms with van der Waals surface area (Å²) in [4.78, 5) is 11.4. The van der Waals surface area contributed by atoms with Crippen LogP contribution in [-0.2, 0) is 16.4 Å². The molecule has 0 aliphatic rings. The van der Waals surface area contributed by atoms with Crippen molar-refractivity contribution < 1.29 is 8.42 Å². The van der Waals surface area contributed by atoms with Crippen molar-refractivity contribution in [2.75, 3.05) is 24.4 Å². The summed E-state index contributed by atoms with van der Waals surface area (Å²) in [5.74, 6) is -0.0845. The van der Waals surface area contributed by atoms with E-state index in [1.165, 1.54) is 12.3 Å². The number of hydrogen-bond donors (Lipinski definition) is 1. The number of rotatable bonds is 4. The lowest BCUT2D eigenvalue weighted by molar-refractivity contribution is 0.576. The highest BCUT2D eigenvalue weighted by Gasteiger charge is 2.04. The molecule has 1 heterocycles. The monoisotopic (exact) mass is 231 g/mol. The lowest BCUT2D eigenvalue weighted by Crippen LogP contribution is -2.25. The predicted molar refractivity (Wildman–Crippen MR) is 57.8 cm³/mol. The van der Waals surface area contributed by atoms with Crippen molar-refractivity contribution in [1.82, 2.24) is 9.78 Å². The minimum Gasteiger partial charge on any atom is -0.387 e. The molecule has 0 radical (unpaired) electrons. The quantitative estimate of drug-likeness (QED) is 0.743. The van der Waals surface area contributed by atoms with Gasteiger partial charge in [0.1, 0.15) is 9.84 Å². The van der Waals surface area contributed by atoms with Crippen LogP contribution in [0, 0.1) is 0 Å². The van der Waals surface area contributed by atoms with Gasteiger partial charge in [-0.3, -0.25) is 4.79 Å². The van der Waals surface area contributed by atoms with E-state index in [1.807, 2.05) is 0 Å². The summed E-state index contributed by atoms with van der Waals surface area (Å²) >= 11 is 0. The van der Waals surface area contributed by atoms with E-state index in [-0.39, 0.29) is 17.9 Å². The maximum absolute atomic E-state index is 11.4. The van der Waals surface area contributed by atoms with Crippen LogP contribution in [0.15, 0.2) is 17.1 Å². The molecule has 0 unspecified atom stereocenters. The summed E-state index contributed by atoms with van der Waals surface area (Å²) in [5, 5.41) is 6.60. The minimum absolute atomic E-state index is 0.0845. The van der Waals surface area contributed by atoms with E-state index >= 15 is 0 Å². The third kappa shape index (κ3) is 3.70. The van der Waals surface area contributed by atoms with Crippen molar-refractivity contribution in [3.05, 3.63) is 22.6 Å². The Hall–Kier alpha value is -1.37. The van der Waals surface area contributed by atoms with Crippen molar-refractivity contribution in [3.63, 3.8) is 0 Å². The van der Waals surface area contributed by atoms with Gasteiger partial charge in [-0.15, -0.1) is 0 Å². The molecule has 1 aromatic rings. The Morgan fingerprint density at radius 3 is 2.67 bits per heavy atom. The first-order chi connectivity index (χ1) is 6.92. The lowest BCUT2D eigenvalue weighted by Gasteiger charge is -2.04. The molecule has 7 heteroatoms. The van der Waals surface area contributed by atoms with Gasteiger partial charge in [-0.1, -0.05) is 0 Å². The van der Waals surface area contributed by atoms with Gasteiger partial charge >= 0.3 is 0 Å². The van der Waals surface area contributed by atoms with Crippen LogP contribution < -0.4 is 10.9 Å². The maximum Gasteiger partial charge on any atom is 0.268 e. The Morgan fingerprint density at radius 2 is 2.20 bits per heavy atom. The van der Waals surface area contributed by atoms with Crippen LogP contribution in [0.3, 0.4) is 0 Å². The third-order valence-corrected chi connectivity index (χ3v) is 2.76. The van der Waals surface area contributed by atoms with Gasteiger partial charge in [-0.25, -0.2) is 13.1 Å². The van der Waals surface area contributed by atoms with Crippen LogP contribution in [0.2, 0.25) is 0 Å². The smallest absolute Gasteiger partial charge is 0.268 e. The van der Waals surface area contributed by atoms with Gasteiger partial charge in [-0.2, -0.15) is 5.10 Å². The largest absolute Gasteiger partial charge is 0.387 e. The van der Waals surface area contributed by atoms with E-state index in [0.29, 0.717) is 5.69 Å². The van der Waals surface area contributed by atoms with Crippen LogP contribution >= 0.6 is 0 Å². The third-order valence-electron chi connectivity index (χ3n) is 1.83. The van der Waals surface area contributed by atoms with Gasteiger partial charge in [0.05, 0.1) is 24.2 Å². The maximum atomic E-state index is 11.4. The minimum atomic E-state index is -3.07. The van der Waals surface area contributed by atoms with Gasteiger partial charge in [0.2, 0.25) is 0 Å². The molecule has 84 valence electrons. The SMILES string of the molecule is CNc1cnn(CCS(C)(=O)=O)c(=O)c1. The average Bonchev–Trinajstić information content (AvgIpc) is 2.14. The molecule has 0 aliphatic carbocycles. The number of hydrogen-bond acceptors (Lipinski definition) is 5. The van der Waals surface area contributed by atoms with E-state index in [4.69, 9.17) is 0 Å². The molecular formula is C8H13N3O3S. The Balaban J connectivity index is 2.84. The van der Waals surface area contributed by atoms with E-state index in [9.17, 15) is 13.2 Å². The van der Waals surface area contributed by atoms with Gasteiger partial charge in [0.25, 0.3) is 5.56 Å². The first-order valence-electron chi connectivity index (χ1n) is 4.35. The summed E-state index contributed by atoms with van der Waals surface area (Å²) in [5.41, 5.74) is 0.293. The van der Waals surface area contributed by atoms with Gasteiger partial charge in [0, 0.05) is 19.4 Å². The molecule has 0 saturated heterocycles. The van der Waals surface area contributed by atoms with Crippen molar-refractivity contribution in [1.29, 1.82) is 0 Å². The molecule has 1 rings (SSSR count). The van der Waals surface area contributed by atoms with Crippen LogP contribution in [0.4, 0.5) is 5.69 Å². The zero-order valence-corrected chi connectivity index (χ0v) is 9.41. The molecule has 0 spiro atoms. The highest BCUT2D eigenvalue weighted by atomic mass is 32.2. The topological polar surface area (TPSA) is 81.1 Å². The lowest BCUT2D eigenvalue weighted by atomic mass is 10.5. The number of nitrogens with zero attached hydrogens (tertiary/aromatic N) is 2. The second kappa shape index (κ2) is 4.43. The molecule has 15 heavy (non-hydrogen) atoms. The Labute approximate surface area is 87.8 Å². The number of anilines is 1. The Kier molecular flexibility index (Phi) is 3.46. The molecule has 0 aliphatic heterocycles. The van der Waals surface area contributed by atoms with Crippen molar-refractivity contribution in [2.45, 2.75) is 6.54 Å². The van der Waals surface area contributed by atoms with Crippen molar-refractivity contribution in [3.8, 4) is 0 Å². The second-order valence-corrected chi connectivity index (χ2v) is 5.45. The standard InChI is InChI=1S/C8H13N3O3S/c1-9-7-5-8(12)11(10-6-7)3-4-15(2,13)14/h5-6,9H,3-4H2,1-2H3. The second-order valence-electron chi connectivity index (χ2n) is 3.19. The van der Waals surface area contributed by atoms with Crippen molar-refractivity contribution in [2.24, 2.45) is 0 Å². The fourth-order valence-electron chi connectivity index (χ4n) is 0.991. The zero-order valence-electron chi connectivity index (χ0n) is 8.60. The molecule has 1 N–H and O–H groups in total. The first-order valence-corrected chi connectivity index (χ1v) is 6.41. The normalized spacial score (nSPS) is 11.3. The molecule has 6 nitrogen and oxygen atoms in total. The molecule has 0 fully saturated rings. The Bertz CT molecular complexity index is 492. The molecule has 0 atom stereocenters. The van der Waals surface area contributed by atoms with Gasteiger partial charge in [0.15, 0.2) is 0 Å². The summed E-state index contributed by atoms with van der Waals surface area (Å²) < 4.78 is 22.9. The number of nitrogens with one attached hydrogen (secondary N) is 1. The number of sulfone groups is 1. The molecule has 0 amide bonds. The predicted octanol–water partition coefficient (Wildman–Crippen LogP) is -0.670. The molecule has 0 saturated carbocycles. The van der Waals surface area contributed by atoms with Crippen molar-refractivity contribution >= 4 is 15.5 Å². The van der Waals surface area contributed by atoms with Crippen LogP contribution in [0.25, 0.3) is 0 Å². The highest BCUT2D eigenvalue weighted by molar-refractivity contribution is 7.90. The molecule has 1 aromatic heterocycles. The van der Waals surface area contributed by atoms with E-state index < -0.39 is 9.84 Å². The summed E-state index contributed by atoms with van der Waals surface area (Å²) in [6.45, 7) is 0.0850. The number of aryl methyl sites for hydroxylation is 1. The van der Waals surface area contributed by atoms with Crippen LogP contribution in [0.1, 0.15) is 0 Å². The average molecular weight is 231 g/mol. The molecule has 0 aromatic carbocycles. The van der Waals surface area contributed by atoms with E-state index in [2.05, 4.69) is 10.4 Å². The Morgan fingerprint density at radius 1 is 1.53 bits per heavy atom. The summed E-state index contributed by atoms with van der Waals surface area (Å²) in [6.07, 6.45) is 2.60. The summed E-state index contributed by atoms with van der Waals surface area (Å²) in [7, 11) is -1.39. The zero-order chi connectivity index (χ0) is 11.5. The van der Waals surface area contributed by atoms with Crippen LogP contribution in [0.5, 0.6) is 0 Å². The first kappa shape index (κ1) is 11.7. The molecular weight excluding hydrogens is 218 g/mol. The number of aromatic nitrogens is 2. The fourth-order valence-corrected chi connectivity index (χ4v) is 1.50. The highest BCUT2D eigenvalue weighted by Crippen LogP contribution is 1.96. The van der Waals surface area contributed by atoms with Gasteiger partial charge < -0.3 is 5.32 Å². The van der Waals surface area contributed by atoms with Gasteiger partial charge in [-0.05, 0) is 0 Å². The van der Waals surface area contributed by atoms with E-state index in [0.717, 1.165) is 10.9 Å².